The van der Waals surface area contributed by atoms with Crippen molar-refractivity contribution in [3.63, 3.8) is 0 Å². The van der Waals surface area contributed by atoms with Crippen LogP contribution >= 0.6 is 11.3 Å². The van der Waals surface area contributed by atoms with E-state index >= 15 is 0 Å². The lowest BCUT2D eigenvalue weighted by molar-refractivity contribution is -0.117. The van der Waals surface area contributed by atoms with Gasteiger partial charge >= 0.3 is 0 Å². The predicted octanol–water partition coefficient (Wildman–Crippen LogP) is 2.22. The maximum atomic E-state index is 12.5. The number of sulfonamides is 1. The molecule has 4 rings (SSSR count). The van der Waals surface area contributed by atoms with Crippen LogP contribution in [0.1, 0.15) is 26.3 Å². The number of hydrogen-bond acceptors (Lipinski definition) is 6. The van der Waals surface area contributed by atoms with E-state index in [9.17, 15) is 13.2 Å². The van der Waals surface area contributed by atoms with Crippen LogP contribution < -0.4 is 14.9 Å². The van der Waals surface area contributed by atoms with Crippen LogP contribution in [0.2, 0.25) is 0 Å². The SMILES string of the molecule is O=C(CNC1CCC1)N1CCc2cc(S(=O)(=O)Nc3nccs3)ccc21.[HH]. The number of nitrogens with one attached hydrogen (secondary N) is 2. The fourth-order valence-electron chi connectivity index (χ4n) is 3.19. The first kappa shape index (κ1) is 17.4. The molecule has 9 heteroatoms. The molecule has 0 unspecified atom stereocenters. The molecule has 2 aromatic rings. The molecule has 0 atom stereocenters. The fourth-order valence-corrected chi connectivity index (χ4v) is 5.03. The van der Waals surface area contributed by atoms with Crippen LogP contribution in [0.4, 0.5) is 10.8 Å². The lowest BCUT2D eigenvalue weighted by Gasteiger charge is -2.27. The summed E-state index contributed by atoms with van der Waals surface area (Å²) >= 11 is 1.23. The van der Waals surface area contributed by atoms with E-state index in [4.69, 9.17) is 0 Å². The molecule has 1 aliphatic heterocycles. The smallest absolute Gasteiger partial charge is 0.263 e. The topological polar surface area (TPSA) is 91.4 Å². The number of hydrogen-bond donors (Lipinski definition) is 2. The van der Waals surface area contributed by atoms with Crippen molar-refractivity contribution in [1.29, 1.82) is 0 Å². The zero-order valence-corrected chi connectivity index (χ0v) is 15.8. The number of carbonyl (C=O) groups excluding carboxylic acids is 1. The van der Waals surface area contributed by atoms with Gasteiger partial charge in [0, 0.05) is 31.3 Å². The Morgan fingerprint density at radius 1 is 1.38 bits per heavy atom. The number of benzene rings is 1. The molecule has 1 aromatic heterocycles. The number of nitrogens with zero attached hydrogens (tertiary/aromatic N) is 2. The van der Waals surface area contributed by atoms with Crippen LogP contribution in [0.5, 0.6) is 0 Å². The number of aromatic nitrogens is 1. The number of thiazole rings is 1. The quantitative estimate of drug-likeness (QED) is 0.784. The lowest BCUT2D eigenvalue weighted by atomic mass is 9.93. The van der Waals surface area contributed by atoms with Crippen LogP contribution in [0, 0.1) is 0 Å². The van der Waals surface area contributed by atoms with Crippen LogP contribution in [0.25, 0.3) is 0 Å². The molecule has 0 bridgehead atoms. The average Bonchev–Trinajstić information content (AvgIpc) is 3.21. The highest BCUT2D eigenvalue weighted by Crippen LogP contribution is 2.31. The molecule has 7 nitrogen and oxygen atoms in total. The molecule has 1 saturated carbocycles. The molecular formula is C17H22N4O3S2. The van der Waals surface area contributed by atoms with E-state index in [1.165, 1.54) is 17.8 Å². The molecular weight excluding hydrogens is 372 g/mol. The molecule has 2 N–H and O–H groups in total. The molecule has 0 spiro atoms. The van der Waals surface area contributed by atoms with Gasteiger partial charge in [-0.25, -0.2) is 13.4 Å². The number of rotatable bonds is 6. The molecule has 1 amide bonds. The van der Waals surface area contributed by atoms with E-state index < -0.39 is 10.0 Å². The van der Waals surface area contributed by atoms with Gasteiger partial charge in [0.25, 0.3) is 10.0 Å². The van der Waals surface area contributed by atoms with Gasteiger partial charge in [0.15, 0.2) is 5.13 Å². The molecule has 0 radical (unpaired) electrons. The summed E-state index contributed by atoms with van der Waals surface area (Å²) in [4.78, 5) is 18.4. The second kappa shape index (κ2) is 6.98. The standard InChI is InChI=1S/C17H20N4O3S2.H2/c22-16(11-19-13-2-1-3-13)21-8-6-12-10-14(4-5-15(12)21)26(23,24)20-17-18-7-9-25-17;/h4-5,7,9-10,13,19H,1-3,6,8,11H2,(H,18,20);1H. The molecule has 0 saturated heterocycles. The molecule has 1 aliphatic carbocycles. The highest BCUT2D eigenvalue weighted by Gasteiger charge is 2.27. The molecule has 1 fully saturated rings. The summed E-state index contributed by atoms with van der Waals surface area (Å²) < 4.78 is 27.5. The van der Waals surface area contributed by atoms with Gasteiger partial charge in [-0.2, -0.15) is 0 Å². The van der Waals surface area contributed by atoms with E-state index in [-0.39, 0.29) is 12.2 Å². The lowest BCUT2D eigenvalue weighted by Crippen LogP contribution is -2.43. The molecule has 1 aromatic carbocycles. The Morgan fingerprint density at radius 2 is 2.23 bits per heavy atom. The van der Waals surface area contributed by atoms with Crippen LogP contribution in [0.15, 0.2) is 34.7 Å². The summed E-state index contributed by atoms with van der Waals surface area (Å²) in [5.41, 5.74) is 1.68. The third-order valence-electron chi connectivity index (χ3n) is 4.86. The van der Waals surface area contributed by atoms with Crippen molar-refractivity contribution in [2.45, 2.75) is 36.6 Å². The largest absolute Gasteiger partial charge is 0.311 e. The van der Waals surface area contributed by atoms with E-state index in [0.717, 1.165) is 24.1 Å². The van der Waals surface area contributed by atoms with Crippen LogP contribution in [-0.4, -0.2) is 38.4 Å². The van der Waals surface area contributed by atoms with Gasteiger partial charge in [0.2, 0.25) is 5.91 Å². The van der Waals surface area contributed by atoms with E-state index in [1.54, 1.807) is 34.7 Å². The summed E-state index contributed by atoms with van der Waals surface area (Å²) in [6.45, 7) is 0.916. The molecule has 2 aliphatic rings. The number of anilines is 2. The van der Waals surface area contributed by atoms with Gasteiger partial charge in [0.1, 0.15) is 0 Å². The Kier molecular flexibility index (Phi) is 4.68. The van der Waals surface area contributed by atoms with Crippen molar-refractivity contribution in [1.82, 2.24) is 10.3 Å². The van der Waals surface area contributed by atoms with Crippen molar-refractivity contribution < 1.29 is 14.6 Å². The highest BCUT2D eigenvalue weighted by molar-refractivity contribution is 7.93. The van der Waals surface area contributed by atoms with Gasteiger partial charge in [-0.15, -0.1) is 11.3 Å². The minimum Gasteiger partial charge on any atom is -0.311 e. The maximum Gasteiger partial charge on any atom is 0.263 e. The van der Waals surface area contributed by atoms with E-state index in [0.29, 0.717) is 30.7 Å². The first-order valence-electron chi connectivity index (χ1n) is 8.62. The van der Waals surface area contributed by atoms with Crippen molar-refractivity contribution in [3.8, 4) is 0 Å². The van der Waals surface area contributed by atoms with E-state index in [2.05, 4.69) is 15.0 Å². The third kappa shape index (κ3) is 3.46. The minimum atomic E-state index is -3.68. The number of fused-ring (bicyclic) bond motifs is 1. The van der Waals surface area contributed by atoms with Gasteiger partial charge in [0.05, 0.1) is 11.4 Å². The summed E-state index contributed by atoms with van der Waals surface area (Å²) in [7, 11) is -3.68. The molecule has 26 heavy (non-hydrogen) atoms. The van der Waals surface area contributed by atoms with Crippen molar-refractivity contribution in [3.05, 3.63) is 35.3 Å². The Morgan fingerprint density at radius 3 is 2.92 bits per heavy atom. The normalized spacial score (nSPS) is 17.0. The summed E-state index contributed by atoms with van der Waals surface area (Å²) in [5, 5.41) is 5.33. The summed E-state index contributed by atoms with van der Waals surface area (Å²) in [6.07, 6.45) is 5.70. The minimum absolute atomic E-state index is 0. The fraction of sp³-hybridized carbons (Fsp3) is 0.412. The van der Waals surface area contributed by atoms with E-state index in [1.807, 2.05) is 0 Å². The van der Waals surface area contributed by atoms with Gasteiger partial charge < -0.3 is 10.2 Å². The third-order valence-corrected chi connectivity index (χ3v) is 7.01. The zero-order chi connectivity index (χ0) is 18.1. The van der Waals surface area contributed by atoms with Crippen LogP contribution in [0.3, 0.4) is 0 Å². The zero-order valence-electron chi connectivity index (χ0n) is 14.1. The van der Waals surface area contributed by atoms with Gasteiger partial charge in [-0.1, -0.05) is 6.42 Å². The van der Waals surface area contributed by atoms with Crippen LogP contribution in [-0.2, 0) is 21.2 Å². The average molecular weight is 395 g/mol. The van der Waals surface area contributed by atoms with Gasteiger partial charge in [-0.05, 0) is 43.0 Å². The maximum absolute atomic E-state index is 12.5. The molecule has 2 heterocycles. The van der Waals surface area contributed by atoms with Crippen molar-refractivity contribution in [2.75, 3.05) is 22.7 Å². The number of amides is 1. The first-order valence-corrected chi connectivity index (χ1v) is 11.0. The second-order valence-electron chi connectivity index (χ2n) is 6.54. The monoisotopic (exact) mass is 394 g/mol. The highest BCUT2D eigenvalue weighted by atomic mass is 32.2. The predicted molar refractivity (Wildman–Crippen MR) is 103 cm³/mol. The molecule has 140 valence electrons. The summed E-state index contributed by atoms with van der Waals surface area (Å²) in [5.74, 6) is 0.0344. The first-order chi connectivity index (χ1) is 12.5. The van der Waals surface area contributed by atoms with Gasteiger partial charge in [-0.3, -0.25) is 9.52 Å². The second-order valence-corrected chi connectivity index (χ2v) is 9.11. The van der Waals surface area contributed by atoms with Crippen molar-refractivity contribution in [2.24, 2.45) is 0 Å². The Hall–Kier alpha value is -1.97. The van der Waals surface area contributed by atoms with Crippen molar-refractivity contribution >= 4 is 38.1 Å². The summed E-state index contributed by atoms with van der Waals surface area (Å²) in [6, 6.07) is 5.38. The Bertz CT molecular complexity index is 914. The Balaban J connectivity index is 0.00000210. The number of carbonyl (C=O) groups is 1. The Labute approximate surface area is 158 Å².